The molecule has 0 saturated carbocycles. The zero-order chi connectivity index (χ0) is 12.1. The Labute approximate surface area is 102 Å². The Morgan fingerprint density at radius 1 is 1.75 bits per heavy atom. The number of pyridine rings is 1. The van der Waals surface area contributed by atoms with Crippen molar-refractivity contribution in [1.29, 1.82) is 0 Å². The number of ether oxygens (including phenoxy) is 1. The molecule has 4 nitrogen and oxygen atoms in total. The van der Waals surface area contributed by atoms with Gasteiger partial charge in [-0.15, -0.1) is 0 Å². The second kappa shape index (κ2) is 5.77. The summed E-state index contributed by atoms with van der Waals surface area (Å²) in [6, 6.07) is 3.49. The van der Waals surface area contributed by atoms with E-state index in [9.17, 15) is 9.90 Å². The molecule has 0 aliphatic rings. The van der Waals surface area contributed by atoms with Gasteiger partial charge in [-0.05, 0) is 35.0 Å². The van der Waals surface area contributed by atoms with E-state index in [-0.39, 0.29) is 0 Å². The molecular formula is C11H12BrNO3. The first kappa shape index (κ1) is 12.9. The third-order valence-electron chi connectivity index (χ3n) is 1.98. The number of carbonyl (C=O) groups excluding carboxylic acids is 1. The molecule has 0 amide bonds. The predicted molar refractivity (Wildman–Crippen MR) is 62.6 cm³/mol. The highest BCUT2D eigenvalue weighted by atomic mass is 79.9. The number of carbonyl (C=O) groups is 1. The minimum Gasteiger partial charge on any atom is -0.456 e. The fourth-order valence-corrected chi connectivity index (χ4v) is 1.62. The molecule has 1 N–H and O–H groups in total. The van der Waals surface area contributed by atoms with Gasteiger partial charge in [0.2, 0.25) is 0 Å². The summed E-state index contributed by atoms with van der Waals surface area (Å²) < 4.78 is 5.57. The third kappa shape index (κ3) is 3.15. The number of esters is 1. The van der Waals surface area contributed by atoms with E-state index in [2.05, 4.69) is 27.5 Å². The molecule has 2 atom stereocenters. The van der Waals surface area contributed by atoms with E-state index in [1.165, 1.54) is 0 Å². The van der Waals surface area contributed by atoms with Crippen LogP contribution in [0.2, 0.25) is 0 Å². The first-order valence-corrected chi connectivity index (χ1v) is 5.47. The fourth-order valence-electron chi connectivity index (χ4n) is 1.13. The van der Waals surface area contributed by atoms with Crippen LogP contribution in [0, 0.1) is 0 Å². The van der Waals surface area contributed by atoms with Crippen LogP contribution in [0.1, 0.15) is 18.7 Å². The molecule has 0 bridgehead atoms. The predicted octanol–water partition coefficient (Wildman–Crippen LogP) is 2.00. The molecule has 1 heterocycles. The lowest BCUT2D eigenvalue weighted by Gasteiger charge is -2.18. The molecule has 16 heavy (non-hydrogen) atoms. The maximum Gasteiger partial charge on any atom is 0.330 e. The van der Waals surface area contributed by atoms with E-state index >= 15 is 0 Å². The topological polar surface area (TPSA) is 59.4 Å². The van der Waals surface area contributed by atoms with Crippen molar-refractivity contribution in [3.05, 3.63) is 41.2 Å². The number of hydrogen-bond acceptors (Lipinski definition) is 4. The smallest absolute Gasteiger partial charge is 0.330 e. The maximum absolute atomic E-state index is 11.0. The molecule has 0 aromatic carbocycles. The van der Waals surface area contributed by atoms with Crippen LogP contribution in [0.3, 0.4) is 0 Å². The Hall–Kier alpha value is -1.20. The van der Waals surface area contributed by atoms with Gasteiger partial charge in [0.25, 0.3) is 0 Å². The van der Waals surface area contributed by atoms with Crippen molar-refractivity contribution >= 4 is 21.9 Å². The van der Waals surface area contributed by atoms with Crippen LogP contribution in [-0.2, 0) is 9.53 Å². The minimum absolute atomic E-state index is 0.437. The van der Waals surface area contributed by atoms with Crippen LogP contribution < -0.4 is 0 Å². The molecule has 0 spiro atoms. The van der Waals surface area contributed by atoms with Crippen LogP contribution in [0.5, 0.6) is 0 Å². The van der Waals surface area contributed by atoms with Crippen molar-refractivity contribution in [2.45, 2.75) is 19.1 Å². The summed E-state index contributed by atoms with van der Waals surface area (Å²) in [6.45, 7) is 4.87. The number of halogens is 1. The molecule has 0 aliphatic heterocycles. The second-order valence-corrected chi connectivity index (χ2v) is 4.02. The summed E-state index contributed by atoms with van der Waals surface area (Å²) >= 11 is 3.27. The second-order valence-electron chi connectivity index (χ2n) is 3.16. The van der Waals surface area contributed by atoms with E-state index in [0.717, 1.165) is 6.08 Å². The van der Waals surface area contributed by atoms with E-state index in [1.54, 1.807) is 25.3 Å². The van der Waals surface area contributed by atoms with E-state index in [1.807, 2.05) is 0 Å². The standard InChI is InChI=1S/C11H12BrNO3/c1-3-9(14)16-7(2)11(15)10-8(12)5-4-6-13-10/h3-7,11,15H,1H2,2H3. The highest BCUT2D eigenvalue weighted by Gasteiger charge is 2.22. The Bertz CT molecular complexity index is 395. The Kier molecular flexibility index (Phi) is 4.64. The molecule has 1 rings (SSSR count). The SMILES string of the molecule is C=CC(=O)OC(C)C(O)c1ncccc1Br. The summed E-state index contributed by atoms with van der Waals surface area (Å²) in [4.78, 5) is 15.0. The van der Waals surface area contributed by atoms with Crippen molar-refractivity contribution < 1.29 is 14.6 Å². The van der Waals surface area contributed by atoms with Crippen molar-refractivity contribution in [1.82, 2.24) is 4.98 Å². The van der Waals surface area contributed by atoms with Gasteiger partial charge in [0.05, 0.1) is 5.69 Å². The van der Waals surface area contributed by atoms with Gasteiger partial charge < -0.3 is 9.84 Å². The number of nitrogens with zero attached hydrogens (tertiary/aromatic N) is 1. The van der Waals surface area contributed by atoms with E-state index < -0.39 is 18.2 Å². The van der Waals surface area contributed by atoms with Crippen molar-refractivity contribution in [2.75, 3.05) is 0 Å². The minimum atomic E-state index is -0.973. The molecule has 0 saturated heterocycles. The molecule has 0 fully saturated rings. The zero-order valence-electron chi connectivity index (χ0n) is 8.76. The molecule has 5 heteroatoms. The van der Waals surface area contributed by atoms with Crippen LogP contribution in [0.15, 0.2) is 35.5 Å². The zero-order valence-corrected chi connectivity index (χ0v) is 10.3. The highest BCUT2D eigenvalue weighted by molar-refractivity contribution is 9.10. The normalized spacial score (nSPS) is 13.9. The summed E-state index contributed by atoms with van der Waals surface area (Å²) in [6.07, 6.45) is 0.957. The lowest BCUT2D eigenvalue weighted by Crippen LogP contribution is -2.22. The van der Waals surface area contributed by atoms with Crippen LogP contribution in [0.4, 0.5) is 0 Å². The third-order valence-corrected chi connectivity index (χ3v) is 2.65. The van der Waals surface area contributed by atoms with Gasteiger partial charge in [0.15, 0.2) is 0 Å². The average Bonchev–Trinajstić information content (AvgIpc) is 2.28. The molecule has 0 aliphatic carbocycles. The Balaban J connectivity index is 2.78. The first-order chi connectivity index (χ1) is 7.56. The molecule has 2 unspecified atom stereocenters. The van der Waals surface area contributed by atoms with Gasteiger partial charge in [-0.1, -0.05) is 6.58 Å². The summed E-state index contributed by atoms with van der Waals surface area (Å²) in [5, 5.41) is 9.91. The number of aliphatic hydroxyl groups is 1. The molecular weight excluding hydrogens is 274 g/mol. The number of rotatable bonds is 4. The summed E-state index contributed by atoms with van der Waals surface area (Å²) in [5.74, 6) is -0.571. The van der Waals surface area contributed by atoms with Crippen molar-refractivity contribution in [3.63, 3.8) is 0 Å². The largest absolute Gasteiger partial charge is 0.456 e. The van der Waals surface area contributed by atoms with Crippen LogP contribution >= 0.6 is 15.9 Å². The summed E-state index contributed by atoms with van der Waals surface area (Å²) in [7, 11) is 0. The molecule has 1 aromatic rings. The van der Waals surface area contributed by atoms with Crippen LogP contribution in [-0.4, -0.2) is 22.2 Å². The molecule has 1 aromatic heterocycles. The van der Waals surface area contributed by atoms with Crippen molar-refractivity contribution in [2.24, 2.45) is 0 Å². The number of aliphatic hydroxyl groups excluding tert-OH is 1. The fraction of sp³-hybridized carbons (Fsp3) is 0.273. The van der Waals surface area contributed by atoms with Gasteiger partial charge >= 0.3 is 5.97 Å². The first-order valence-electron chi connectivity index (χ1n) is 4.67. The maximum atomic E-state index is 11.0. The number of hydrogen-bond donors (Lipinski definition) is 1. The summed E-state index contributed by atoms with van der Waals surface area (Å²) in [5.41, 5.74) is 0.437. The number of aromatic nitrogens is 1. The average molecular weight is 286 g/mol. The van der Waals surface area contributed by atoms with Crippen LogP contribution in [0.25, 0.3) is 0 Å². The van der Waals surface area contributed by atoms with Gasteiger partial charge in [-0.2, -0.15) is 0 Å². The van der Waals surface area contributed by atoms with Gasteiger partial charge in [0, 0.05) is 16.7 Å². The highest BCUT2D eigenvalue weighted by Crippen LogP contribution is 2.24. The molecule has 86 valence electrons. The Morgan fingerprint density at radius 2 is 2.44 bits per heavy atom. The Morgan fingerprint density at radius 3 is 3.00 bits per heavy atom. The lowest BCUT2D eigenvalue weighted by atomic mass is 10.1. The van der Waals surface area contributed by atoms with Gasteiger partial charge in [-0.3, -0.25) is 4.98 Å². The van der Waals surface area contributed by atoms with Crippen molar-refractivity contribution in [3.8, 4) is 0 Å². The quantitative estimate of drug-likeness (QED) is 0.679. The van der Waals surface area contributed by atoms with Gasteiger partial charge in [0.1, 0.15) is 12.2 Å². The molecule has 0 radical (unpaired) electrons. The van der Waals surface area contributed by atoms with E-state index in [4.69, 9.17) is 4.74 Å². The lowest BCUT2D eigenvalue weighted by molar-refractivity contribution is -0.147. The monoisotopic (exact) mass is 285 g/mol. The van der Waals surface area contributed by atoms with E-state index in [0.29, 0.717) is 10.2 Å². The van der Waals surface area contributed by atoms with Gasteiger partial charge in [-0.25, -0.2) is 4.79 Å².